The number of carbonyl (C=O) groups excluding carboxylic acids is 2. The van der Waals surface area contributed by atoms with Crippen LogP contribution in [0.3, 0.4) is 0 Å². The Kier molecular flexibility index (Phi) is 5.27. The molecule has 0 spiro atoms. The van der Waals surface area contributed by atoms with Crippen LogP contribution in [-0.4, -0.2) is 44.6 Å². The zero-order chi connectivity index (χ0) is 19.4. The van der Waals surface area contributed by atoms with Crippen LogP contribution >= 0.6 is 0 Å². The maximum Gasteiger partial charge on any atom is 0.352 e. The molecular formula is C17H18N6O4. The minimum atomic E-state index is -0.675. The molecule has 0 unspecified atom stereocenters. The highest BCUT2D eigenvalue weighted by Gasteiger charge is 2.17. The van der Waals surface area contributed by atoms with E-state index in [0.29, 0.717) is 17.2 Å². The van der Waals surface area contributed by atoms with Crippen LogP contribution in [0.25, 0.3) is 17.0 Å². The number of hydrogen-bond donors (Lipinski definition) is 2. The molecule has 0 bridgehead atoms. The molecule has 0 saturated carbocycles. The van der Waals surface area contributed by atoms with E-state index in [2.05, 4.69) is 15.4 Å². The van der Waals surface area contributed by atoms with Crippen LogP contribution in [0.4, 0.5) is 0 Å². The van der Waals surface area contributed by atoms with Crippen LogP contribution in [0, 0.1) is 0 Å². The summed E-state index contributed by atoms with van der Waals surface area (Å²) in [4.78, 5) is 40.0. The molecule has 0 atom stereocenters. The summed E-state index contributed by atoms with van der Waals surface area (Å²) in [6, 6.07) is 10.8. The first-order valence-electron chi connectivity index (χ1n) is 8.08. The van der Waals surface area contributed by atoms with Gasteiger partial charge in [-0.3, -0.25) is 9.59 Å². The summed E-state index contributed by atoms with van der Waals surface area (Å²) in [7, 11) is 1.54. The number of methoxy groups -OCH3 is 1. The number of benzene rings is 1. The predicted molar refractivity (Wildman–Crippen MR) is 95.6 cm³/mol. The van der Waals surface area contributed by atoms with Gasteiger partial charge in [-0.2, -0.15) is 0 Å². The summed E-state index contributed by atoms with van der Waals surface area (Å²) in [5.41, 5.74) is 6.13. The molecule has 0 fully saturated rings. The normalized spacial score (nSPS) is 10.9. The Balaban J connectivity index is 2.06. The van der Waals surface area contributed by atoms with Crippen LogP contribution in [0.1, 0.15) is 5.69 Å². The van der Waals surface area contributed by atoms with Crippen LogP contribution in [0.15, 0.2) is 41.2 Å². The van der Waals surface area contributed by atoms with Gasteiger partial charge in [-0.25, -0.2) is 18.9 Å². The maximum absolute atomic E-state index is 12.8. The zero-order valence-corrected chi connectivity index (χ0v) is 14.6. The second kappa shape index (κ2) is 7.79. The number of amides is 2. The van der Waals surface area contributed by atoms with Gasteiger partial charge in [-0.05, 0) is 0 Å². The number of carbonyl (C=O) groups is 2. The molecular weight excluding hydrogens is 352 g/mol. The predicted octanol–water partition coefficient (Wildman–Crippen LogP) is -0.694. The van der Waals surface area contributed by atoms with Gasteiger partial charge >= 0.3 is 5.69 Å². The van der Waals surface area contributed by atoms with E-state index in [1.54, 1.807) is 13.2 Å². The summed E-state index contributed by atoms with van der Waals surface area (Å²) >= 11 is 0. The molecule has 0 radical (unpaired) electrons. The van der Waals surface area contributed by atoms with Crippen LogP contribution in [-0.2, 0) is 27.5 Å². The van der Waals surface area contributed by atoms with Gasteiger partial charge in [-0.1, -0.05) is 30.3 Å². The van der Waals surface area contributed by atoms with Gasteiger partial charge in [0.2, 0.25) is 11.8 Å². The molecule has 10 heteroatoms. The number of aromatic nitrogens is 4. The van der Waals surface area contributed by atoms with E-state index in [-0.39, 0.29) is 19.7 Å². The van der Waals surface area contributed by atoms with E-state index in [0.717, 1.165) is 10.2 Å². The van der Waals surface area contributed by atoms with Crippen molar-refractivity contribution in [1.82, 2.24) is 24.5 Å². The molecule has 3 aromatic rings. The molecule has 0 saturated heterocycles. The molecule has 27 heavy (non-hydrogen) atoms. The molecule has 2 amide bonds. The van der Waals surface area contributed by atoms with E-state index < -0.39 is 17.5 Å². The second-order valence-electron chi connectivity index (χ2n) is 5.75. The summed E-state index contributed by atoms with van der Waals surface area (Å²) < 4.78 is 7.47. The van der Waals surface area contributed by atoms with E-state index >= 15 is 0 Å². The van der Waals surface area contributed by atoms with Gasteiger partial charge in [-0.15, -0.1) is 5.10 Å². The SMILES string of the molecule is COCc1cc2nn(CC(=O)NCC(N)=O)c(=O)n2c(-c2ccccc2)n1. The molecule has 0 aliphatic heterocycles. The third kappa shape index (κ3) is 4.01. The van der Waals surface area contributed by atoms with Crippen molar-refractivity contribution in [2.75, 3.05) is 13.7 Å². The Hall–Kier alpha value is -3.53. The zero-order valence-electron chi connectivity index (χ0n) is 14.6. The molecule has 140 valence electrons. The van der Waals surface area contributed by atoms with E-state index in [1.807, 2.05) is 30.3 Å². The fraction of sp³-hybridized carbons (Fsp3) is 0.235. The Morgan fingerprint density at radius 1 is 1.26 bits per heavy atom. The van der Waals surface area contributed by atoms with Crippen molar-refractivity contribution >= 4 is 17.5 Å². The third-order valence-corrected chi connectivity index (χ3v) is 3.70. The highest BCUT2D eigenvalue weighted by atomic mass is 16.5. The minimum absolute atomic E-state index is 0.247. The number of fused-ring (bicyclic) bond motifs is 1. The first-order chi connectivity index (χ1) is 13.0. The fourth-order valence-corrected chi connectivity index (χ4v) is 2.57. The molecule has 3 N–H and O–H groups in total. The fourth-order valence-electron chi connectivity index (χ4n) is 2.57. The maximum atomic E-state index is 12.8. The molecule has 2 aromatic heterocycles. The van der Waals surface area contributed by atoms with Crippen molar-refractivity contribution in [3.63, 3.8) is 0 Å². The first-order valence-corrected chi connectivity index (χ1v) is 8.08. The average Bonchev–Trinajstić information content (AvgIpc) is 2.96. The Bertz CT molecular complexity index is 1040. The number of nitrogens with one attached hydrogen (secondary N) is 1. The number of hydrogen-bond acceptors (Lipinski definition) is 6. The smallest absolute Gasteiger partial charge is 0.352 e. The van der Waals surface area contributed by atoms with Crippen LogP contribution in [0.2, 0.25) is 0 Å². The summed E-state index contributed by atoms with van der Waals surface area (Å²) in [5.74, 6) is -0.829. The van der Waals surface area contributed by atoms with Crippen LogP contribution in [0.5, 0.6) is 0 Å². The average molecular weight is 370 g/mol. The van der Waals surface area contributed by atoms with Crippen molar-refractivity contribution < 1.29 is 14.3 Å². The largest absolute Gasteiger partial charge is 0.378 e. The van der Waals surface area contributed by atoms with Gasteiger partial charge in [0.05, 0.1) is 18.8 Å². The van der Waals surface area contributed by atoms with Crippen molar-refractivity contribution in [3.05, 3.63) is 52.6 Å². The van der Waals surface area contributed by atoms with Gasteiger partial charge in [0.1, 0.15) is 12.4 Å². The lowest BCUT2D eigenvalue weighted by molar-refractivity contribution is -0.125. The Labute approximate surface area is 153 Å². The minimum Gasteiger partial charge on any atom is -0.378 e. The van der Waals surface area contributed by atoms with Crippen molar-refractivity contribution in [1.29, 1.82) is 0 Å². The summed E-state index contributed by atoms with van der Waals surface area (Å²) in [5, 5.41) is 6.53. The third-order valence-electron chi connectivity index (χ3n) is 3.70. The molecule has 1 aromatic carbocycles. The molecule has 0 aliphatic carbocycles. The molecule has 10 nitrogen and oxygen atoms in total. The first kappa shape index (κ1) is 18.3. The van der Waals surface area contributed by atoms with E-state index in [4.69, 9.17) is 10.5 Å². The summed E-state index contributed by atoms with van der Waals surface area (Å²) in [6.07, 6.45) is 0. The van der Waals surface area contributed by atoms with E-state index in [1.165, 1.54) is 4.40 Å². The standard InChI is InChI=1S/C17H18N6O4/c1-27-10-12-7-14-21-22(9-15(25)19-8-13(18)24)17(26)23(14)16(20-12)11-5-3-2-4-6-11/h2-7H,8-10H2,1H3,(H2,18,24)(H,19,25). The van der Waals surface area contributed by atoms with Crippen LogP contribution < -0.4 is 16.7 Å². The topological polar surface area (TPSA) is 134 Å². The molecule has 2 heterocycles. The van der Waals surface area contributed by atoms with Gasteiger partial charge < -0.3 is 15.8 Å². The highest BCUT2D eigenvalue weighted by molar-refractivity contribution is 5.83. The second-order valence-corrected chi connectivity index (χ2v) is 5.75. The highest BCUT2D eigenvalue weighted by Crippen LogP contribution is 2.18. The van der Waals surface area contributed by atoms with E-state index in [9.17, 15) is 14.4 Å². The number of rotatable bonds is 7. The number of nitrogens with zero attached hydrogens (tertiary/aromatic N) is 4. The number of ether oxygens (including phenoxy) is 1. The quantitative estimate of drug-likeness (QED) is 0.565. The number of primary amides is 1. The lowest BCUT2D eigenvalue weighted by atomic mass is 10.2. The summed E-state index contributed by atoms with van der Waals surface area (Å²) in [6.45, 7) is -0.409. The Morgan fingerprint density at radius 2 is 2.00 bits per heavy atom. The van der Waals surface area contributed by atoms with Crippen molar-refractivity contribution in [2.24, 2.45) is 5.73 Å². The molecule has 0 aliphatic rings. The van der Waals surface area contributed by atoms with Gasteiger partial charge in [0, 0.05) is 18.7 Å². The molecule has 3 rings (SSSR count). The van der Waals surface area contributed by atoms with Gasteiger partial charge in [0.25, 0.3) is 0 Å². The number of nitrogens with two attached hydrogens (primary N) is 1. The van der Waals surface area contributed by atoms with Crippen molar-refractivity contribution in [3.8, 4) is 11.4 Å². The van der Waals surface area contributed by atoms with Crippen molar-refractivity contribution in [2.45, 2.75) is 13.2 Å². The van der Waals surface area contributed by atoms with Gasteiger partial charge in [0.15, 0.2) is 5.65 Å². The lowest BCUT2D eigenvalue weighted by Gasteiger charge is -2.06. The Morgan fingerprint density at radius 3 is 2.67 bits per heavy atom. The monoisotopic (exact) mass is 370 g/mol. The lowest BCUT2D eigenvalue weighted by Crippen LogP contribution is -2.37.